The maximum atomic E-state index is 13.0. The van der Waals surface area contributed by atoms with Gasteiger partial charge in [0.1, 0.15) is 11.6 Å². The van der Waals surface area contributed by atoms with E-state index in [-0.39, 0.29) is 17.6 Å². The topological polar surface area (TPSA) is 32.3 Å². The van der Waals surface area contributed by atoms with Crippen LogP contribution < -0.4 is 5.32 Å². The van der Waals surface area contributed by atoms with E-state index in [0.717, 1.165) is 11.1 Å². The van der Waals surface area contributed by atoms with E-state index in [1.54, 1.807) is 18.2 Å². The van der Waals surface area contributed by atoms with Crippen LogP contribution in [0.5, 0.6) is 5.75 Å². The number of para-hydroxylation sites is 1. The summed E-state index contributed by atoms with van der Waals surface area (Å²) in [6.45, 7) is 4.77. The second-order valence-corrected chi connectivity index (χ2v) is 6.26. The van der Waals surface area contributed by atoms with Gasteiger partial charge in [-0.05, 0) is 45.6 Å². The van der Waals surface area contributed by atoms with Crippen LogP contribution >= 0.6 is 15.9 Å². The zero-order chi connectivity index (χ0) is 15.4. The Morgan fingerprint density at radius 2 is 1.81 bits per heavy atom. The third-order valence-electron chi connectivity index (χ3n) is 3.48. The van der Waals surface area contributed by atoms with E-state index in [1.807, 2.05) is 12.1 Å². The Morgan fingerprint density at radius 1 is 1.14 bits per heavy atom. The average molecular weight is 352 g/mol. The zero-order valence-corrected chi connectivity index (χ0v) is 13.7. The van der Waals surface area contributed by atoms with Crippen LogP contribution in [0.15, 0.2) is 46.9 Å². The van der Waals surface area contributed by atoms with Gasteiger partial charge in [0.05, 0.1) is 4.47 Å². The number of nitrogens with one attached hydrogen (secondary N) is 1. The number of rotatable bonds is 5. The molecule has 0 aliphatic carbocycles. The van der Waals surface area contributed by atoms with E-state index in [2.05, 4.69) is 35.1 Å². The molecule has 0 radical (unpaired) electrons. The van der Waals surface area contributed by atoms with Crippen LogP contribution in [0.2, 0.25) is 0 Å². The van der Waals surface area contributed by atoms with Crippen molar-refractivity contribution in [1.29, 1.82) is 0 Å². The van der Waals surface area contributed by atoms with E-state index in [4.69, 9.17) is 0 Å². The number of phenolic OH excluding ortho intramolecular Hbond substituents is 1. The average Bonchev–Trinajstić information content (AvgIpc) is 2.45. The summed E-state index contributed by atoms with van der Waals surface area (Å²) in [5, 5.41) is 13.5. The van der Waals surface area contributed by atoms with Crippen molar-refractivity contribution in [3.05, 3.63) is 63.9 Å². The number of halogens is 2. The van der Waals surface area contributed by atoms with Crippen molar-refractivity contribution in [2.75, 3.05) is 0 Å². The van der Waals surface area contributed by atoms with Crippen LogP contribution in [0.1, 0.15) is 31.0 Å². The van der Waals surface area contributed by atoms with Crippen molar-refractivity contribution >= 4 is 15.9 Å². The molecule has 0 saturated carbocycles. The minimum Gasteiger partial charge on any atom is -0.506 e. The SMILES string of the molecule is CC(C)C(NCc1cccc(Br)c1O)c1ccc(F)cc1. The second-order valence-electron chi connectivity index (χ2n) is 5.40. The van der Waals surface area contributed by atoms with Gasteiger partial charge in [-0.2, -0.15) is 0 Å². The second kappa shape index (κ2) is 7.05. The lowest BCUT2D eigenvalue weighted by Gasteiger charge is -2.23. The third-order valence-corrected chi connectivity index (χ3v) is 4.12. The van der Waals surface area contributed by atoms with E-state index >= 15 is 0 Å². The van der Waals surface area contributed by atoms with Crippen molar-refractivity contribution in [2.24, 2.45) is 5.92 Å². The molecule has 0 aliphatic heterocycles. The molecule has 2 N–H and O–H groups in total. The first-order valence-corrected chi connectivity index (χ1v) is 7.73. The van der Waals surface area contributed by atoms with Crippen LogP contribution in [0.25, 0.3) is 0 Å². The molecule has 0 spiro atoms. The molecule has 112 valence electrons. The van der Waals surface area contributed by atoms with Crippen molar-refractivity contribution in [3.8, 4) is 5.75 Å². The first-order valence-electron chi connectivity index (χ1n) is 6.94. The summed E-state index contributed by atoms with van der Waals surface area (Å²) >= 11 is 3.32. The molecule has 1 atom stereocenters. The highest BCUT2D eigenvalue weighted by Gasteiger charge is 2.16. The lowest BCUT2D eigenvalue weighted by atomic mass is 9.95. The van der Waals surface area contributed by atoms with Gasteiger partial charge in [-0.15, -0.1) is 0 Å². The van der Waals surface area contributed by atoms with Gasteiger partial charge in [-0.25, -0.2) is 4.39 Å². The lowest BCUT2D eigenvalue weighted by molar-refractivity contribution is 0.401. The monoisotopic (exact) mass is 351 g/mol. The maximum absolute atomic E-state index is 13.0. The van der Waals surface area contributed by atoms with E-state index < -0.39 is 0 Å². The highest BCUT2D eigenvalue weighted by molar-refractivity contribution is 9.10. The molecular formula is C17H19BrFNO. The normalized spacial score (nSPS) is 12.6. The number of hydrogen-bond acceptors (Lipinski definition) is 2. The van der Waals surface area contributed by atoms with Crippen LogP contribution in [0.3, 0.4) is 0 Å². The fourth-order valence-corrected chi connectivity index (χ4v) is 2.74. The molecular weight excluding hydrogens is 333 g/mol. The Bertz CT molecular complexity index is 598. The van der Waals surface area contributed by atoms with Gasteiger partial charge in [0.25, 0.3) is 0 Å². The summed E-state index contributed by atoms with van der Waals surface area (Å²) in [6.07, 6.45) is 0. The summed E-state index contributed by atoms with van der Waals surface area (Å²) < 4.78 is 13.7. The highest BCUT2D eigenvalue weighted by atomic mass is 79.9. The predicted octanol–water partition coefficient (Wildman–Crippen LogP) is 4.78. The number of phenols is 1. The minimum atomic E-state index is -0.231. The Kier molecular flexibility index (Phi) is 5.37. The molecule has 2 nitrogen and oxygen atoms in total. The van der Waals surface area contributed by atoms with Crippen molar-refractivity contribution < 1.29 is 9.50 Å². The van der Waals surface area contributed by atoms with Crippen molar-refractivity contribution in [2.45, 2.75) is 26.4 Å². The fraction of sp³-hybridized carbons (Fsp3) is 0.294. The summed E-state index contributed by atoms with van der Waals surface area (Å²) in [5.74, 6) is 0.377. The van der Waals surface area contributed by atoms with Gasteiger partial charge in [0.15, 0.2) is 0 Å². The first kappa shape index (κ1) is 16.0. The first-order chi connectivity index (χ1) is 9.99. The van der Waals surface area contributed by atoms with E-state index in [0.29, 0.717) is 16.9 Å². The lowest BCUT2D eigenvalue weighted by Crippen LogP contribution is -2.25. The van der Waals surface area contributed by atoms with Crippen LogP contribution in [0, 0.1) is 11.7 Å². The quantitative estimate of drug-likeness (QED) is 0.812. The Morgan fingerprint density at radius 3 is 2.43 bits per heavy atom. The molecule has 0 aromatic heterocycles. The molecule has 2 aromatic rings. The largest absolute Gasteiger partial charge is 0.506 e. The molecule has 0 aliphatic rings. The summed E-state index contributed by atoms with van der Waals surface area (Å²) in [7, 11) is 0. The predicted molar refractivity (Wildman–Crippen MR) is 86.6 cm³/mol. The van der Waals surface area contributed by atoms with E-state index in [1.165, 1.54) is 12.1 Å². The number of benzene rings is 2. The van der Waals surface area contributed by atoms with Gasteiger partial charge >= 0.3 is 0 Å². The van der Waals surface area contributed by atoms with Crippen LogP contribution in [-0.4, -0.2) is 5.11 Å². The fourth-order valence-electron chi connectivity index (χ4n) is 2.33. The molecule has 0 amide bonds. The standard InChI is InChI=1S/C17H19BrFNO/c1-11(2)16(12-6-8-14(19)9-7-12)20-10-13-4-3-5-15(18)17(13)21/h3-9,11,16,20-21H,10H2,1-2H3. The highest BCUT2D eigenvalue weighted by Crippen LogP contribution is 2.29. The Balaban J connectivity index is 2.14. The summed E-state index contributed by atoms with van der Waals surface area (Å²) in [5.41, 5.74) is 1.87. The Labute approximate surface area is 133 Å². The molecule has 0 fully saturated rings. The van der Waals surface area contributed by atoms with Gasteiger partial charge < -0.3 is 10.4 Å². The van der Waals surface area contributed by atoms with E-state index in [9.17, 15) is 9.50 Å². The van der Waals surface area contributed by atoms with Gasteiger partial charge in [0, 0.05) is 18.2 Å². The molecule has 0 heterocycles. The molecule has 2 aromatic carbocycles. The number of aromatic hydroxyl groups is 1. The van der Waals surface area contributed by atoms with Crippen LogP contribution in [0.4, 0.5) is 4.39 Å². The van der Waals surface area contributed by atoms with Gasteiger partial charge in [0.2, 0.25) is 0 Å². The van der Waals surface area contributed by atoms with Crippen molar-refractivity contribution in [3.63, 3.8) is 0 Å². The van der Waals surface area contributed by atoms with Crippen molar-refractivity contribution in [1.82, 2.24) is 5.32 Å². The van der Waals surface area contributed by atoms with Gasteiger partial charge in [-0.3, -0.25) is 0 Å². The molecule has 0 bridgehead atoms. The molecule has 21 heavy (non-hydrogen) atoms. The molecule has 0 saturated heterocycles. The summed E-state index contributed by atoms with van der Waals surface area (Å²) in [4.78, 5) is 0. The molecule has 2 rings (SSSR count). The third kappa shape index (κ3) is 4.05. The minimum absolute atomic E-state index is 0.101. The van der Waals surface area contributed by atoms with Gasteiger partial charge in [-0.1, -0.05) is 38.1 Å². The molecule has 4 heteroatoms. The Hall–Kier alpha value is -1.39. The zero-order valence-electron chi connectivity index (χ0n) is 12.1. The maximum Gasteiger partial charge on any atom is 0.134 e. The number of hydrogen-bond donors (Lipinski definition) is 2. The molecule has 1 unspecified atom stereocenters. The van der Waals surface area contributed by atoms with Crippen LogP contribution in [-0.2, 0) is 6.54 Å². The summed E-state index contributed by atoms with van der Waals surface area (Å²) in [6, 6.07) is 12.2. The smallest absolute Gasteiger partial charge is 0.134 e.